The third-order valence-electron chi connectivity index (χ3n) is 5.91. The summed E-state index contributed by atoms with van der Waals surface area (Å²) in [6, 6.07) is 22.6. The van der Waals surface area contributed by atoms with Gasteiger partial charge in [-0.1, -0.05) is 68.4 Å². The normalized spacial score (nSPS) is 13.1. The molecule has 0 fully saturated rings. The molecule has 0 saturated heterocycles. The summed E-state index contributed by atoms with van der Waals surface area (Å²) in [6.45, 7) is 5.16. The number of hydrogen-bond acceptors (Lipinski definition) is 5. The molecule has 0 aliphatic carbocycles. The minimum absolute atomic E-state index is 0.0916. The number of aldehydes is 1. The van der Waals surface area contributed by atoms with Gasteiger partial charge >= 0.3 is 0 Å². The first kappa shape index (κ1) is 28.1. The molecule has 0 aromatic heterocycles. The van der Waals surface area contributed by atoms with Crippen LogP contribution < -0.4 is 20.7 Å². The predicted molar refractivity (Wildman–Crippen MR) is 145 cm³/mol. The van der Waals surface area contributed by atoms with Crippen molar-refractivity contribution in [3.63, 3.8) is 0 Å². The van der Waals surface area contributed by atoms with Gasteiger partial charge in [0.1, 0.15) is 29.9 Å². The molecule has 8 heteroatoms. The molecule has 3 N–H and O–H groups in total. The molecule has 0 bridgehead atoms. The van der Waals surface area contributed by atoms with Crippen LogP contribution in [0.4, 0.5) is 0 Å². The van der Waals surface area contributed by atoms with Crippen LogP contribution in [0.25, 0.3) is 0 Å². The van der Waals surface area contributed by atoms with E-state index >= 15 is 0 Å². The standard InChI is InChI=1S/C30H33N3O5/c1-20(2)27(19-34)33-28(35)21(3)31-30(37)26(17-22-11-6-4-7-12-22)32-29(36)23-13-10-16-25(18-23)38-24-14-8-5-9-15-24/h4-16,18-21,26-27H,17H2,1-3H3,(H,31,37)(H,32,36)(H,33,35)/t21-,26+,27+/m0/s1. The molecule has 3 aromatic rings. The number of amides is 3. The van der Waals surface area contributed by atoms with Crippen LogP contribution in [0.15, 0.2) is 84.9 Å². The number of nitrogens with one attached hydrogen (secondary N) is 3. The highest BCUT2D eigenvalue weighted by molar-refractivity contribution is 5.98. The summed E-state index contributed by atoms with van der Waals surface area (Å²) in [5, 5.41) is 8.09. The Morgan fingerprint density at radius 3 is 2.03 bits per heavy atom. The Labute approximate surface area is 222 Å². The number of para-hydroxylation sites is 1. The fourth-order valence-corrected chi connectivity index (χ4v) is 3.65. The summed E-state index contributed by atoms with van der Waals surface area (Å²) in [6.07, 6.45) is 0.890. The monoisotopic (exact) mass is 515 g/mol. The van der Waals surface area contributed by atoms with E-state index in [4.69, 9.17) is 4.74 Å². The van der Waals surface area contributed by atoms with Gasteiger partial charge in [-0.2, -0.15) is 0 Å². The first-order chi connectivity index (χ1) is 18.3. The number of ether oxygens (including phenoxy) is 1. The maximum Gasteiger partial charge on any atom is 0.252 e. The first-order valence-electron chi connectivity index (χ1n) is 12.5. The highest BCUT2D eigenvalue weighted by atomic mass is 16.5. The Morgan fingerprint density at radius 2 is 1.39 bits per heavy atom. The van der Waals surface area contributed by atoms with Crippen LogP contribution in [-0.2, 0) is 20.8 Å². The largest absolute Gasteiger partial charge is 0.457 e. The van der Waals surface area contributed by atoms with E-state index in [1.165, 1.54) is 6.92 Å². The molecule has 3 rings (SSSR count). The highest BCUT2D eigenvalue weighted by Crippen LogP contribution is 2.22. The van der Waals surface area contributed by atoms with Crippen molar-refractivity contribution in [1.82, 2.24) is 16.0 Å². The lowest BCUT2D eigenvalue weighted by molar-refractivity contribution is -0.130. The fourth-order valence-electron chi connectivity index (χ4n) is 3.65. The Balaban J connectivity index is 1.73. The van der Waals surface area contributed by atoms with E-state index in [9.17, 15) is 19.2 Å². The van der Waals surface area contributed by atoms with Crippen LogP contribution in [0, 0.1) is 5.92 Å². The molecule has 0 aliphatic rings. The summed E-state index contributed by atoms with van der Waals surface area (Å²) in [5.41, 5.74) is 1.16. The molecule has 3 atom stereocenters. The average Bonchev–Trinajstić information content (AvgIpc) is 2.92. The summed E-state index contributed by atoms with van der Waals surface area (Å²) in [4.78, 5) is 50.2. The van der Waals surface area contributed by atoms with E-state index in [0.717, 1.165) is 5.56 Å². The van der Waals surface area contributed by atoms with Gasteiger partial charge < -0.3 is 25.5 Å². The summed E-state index contributed by atoms with van der Waals surface area (Å²) >= 11 is 0. The number of hydrogen-bond donors (Lipinski definition) is 3. The van der Waals surface area contributed by atoms with E-state index in [-0.39, 0.29) is 12.3 Å². The van der Waals surface area contributed by atoms with Gasteiger partial charge in [0.25, 0.3) is 5.91 Å². The third kappa shape index (κ3) is 8.30. The van der Waals surface area contributed by atoms with Crippen molar-refractivity contribution in [1.29, 1.82) is 0 Å². The van der Waals surface area contributed by atoms with Gasteiger partial charge in [-0.3, -0.25) is 14.4 Å². The van der Waals surface area contributed by atoms with E-state index < -0.39 is 35.8 Å². The molecule has 0 radical (unpaired) electrons. The van der Waals surface area contributed by atoms with E-state index in [1.54, 1.807) is 24.3 Å². The average molecular weight is 516 g/mol. The molecular formula is C30H33N3O5. The molecule has 0 saturated carbocycles. The summed E-state index contributed by atoms with van der Waals surface area (Å²) in [5.74, 6) is -0.446. The first-order valence-corrected chi connectivity index (χ1v) is 12.5. The van der Waals surface area contributed by atoms with Crippen molar-refractivity contribution in [2.45, 2.75) is 45.3 Å². The molecule has 8 nitrogen and oxygen atoms in total. The quantitative estimate of drug-likeness (QED) is 0.319. The molecule has 3 aromatic carbocycles. The van der Waals surface area contributed by atoms with Crippen LogP contribution in [0.3, 0.4) is 0 Å². The SMILES string of the molecule is CC(C)[C@@H](C=O)NC(=O)[C@H](C)NC(=O)[C@@H](Cc1ccccc1)NC(=O)c1cccc(Oc2ccccc2)c1. The number of carbonyl (C=O) groups excluding carboxylic acids is 4. The predicted octanol–water partition coefficient (Wildman–Crippen LogP) is 3.66. The second-order valence-corrected chi connectivity index (χ2v) is 9.30. The zero-order valence-corrected chi connectivity index (χ0v) is 21.7. The molecule has 0 spiro atoms. The smallest absolute Gasteiger partial charge is 0.252 e. The molecule has 198 valence electrons. The maximum atomic E-state index is 13.2. The van der Waals surface area contributed by atoms with Gasteiger partial charge in [-0.15, -0.1) is 0 Å². The van der Waals surface area contributed by atoms with E-state index in [0.29, 0.717) is 23.3 Å². The molecule has 3 amide bonds. The van der Waals surface area contributed by atoms with Crippen LogP contribution in [0.5, 0.6) is 11.5 Å². The Kier molecular flexibility index (Phi) is 10.2. The van der Waals surface area contributed by atoms with Crippen molar-refractivity contribution in [3.8, 4) is 11.5 Å². The van der Waals surface area contributed by atoms with Crippen LogP contribution in [0.1, 0.15) is 36.7 Å². The second-order valence-electron chi connectivity index (χ2n) is 9.30. The summed E-state index contributed by atoms with van der Waals surface area (Å²) in [7, 11) is 0. The third-order valence-corrected chi connectivity index (χ3v) is 5.91. The van der Waals surface area contributed by atoms with Gasteiger partial charge in [-0.25, -0.2) is 0 Å². The van der Waals surface area contributed by atoms with E-state index in [1.807, 2.05) is 74.5 Å². The van der Waals surface area contributed by atoms with Gasteiger partial charge in [0, 0.05) is 12.0 Å². The van der Waals surface area contributed by atoms with Crippen molar-refractivity contribution in [2.75, 3.05) is 0 Å². The van der Waals surface area contributed by atoms with Crippen molar-refractivity contribution in [3.05, 3.63) is 96.1 Å². The number of carbonyl (C=O) groups is 4. The molecule has 38 heavy (non-hydrogen) atoms. The zero-order chi connectivity index (χ0) is 27.5. The molecule has 0 aliphatic heterocycles. The van der Waals surface area contributed by atoms with Crippen LogP contribution in [0.2, 0.25) is 0 Å². The van der Waals surface area contributed by atoms with Gasteiger partial charge in [0.15, 0.2) is 0 Å². The second kappa shape index (κ2) is 13.7. The lowest BCUT2D eigenvalue weighted by Gasteiger charge is -2.23. The van der Waals surface area contributed by atoms with Crippen molar-refractivity contribution in [2.24, 2.45) is 5.92 Å². The summed E-state index contributed by atoms with van der Waals surface area (Å²) < 4.78 is 5.83. The maximum absolute atomic E-state index is 13.2. The lowest BCUT2D eigenvalue weighted by Crippen LogP contribution is -2.55. The zero-order valence-electron chi connectivity index (χ0n) is 21.7. The molecule has 0 unspecified atom stereocenters. The Morgan fingerprint density at radius 1 is 0.763 bits per heavy atom. The van der Waals surface area contributed by atoms with Crippen LogP contribution >= 0.6 is 0 Å². The van der Waals surface area contributed by atoms with Gasteiger partial charge in [0.2, 0.25) is 11.8 Å². The van der Waals surface area contributed by atoms with Gasteiger partial charge in [0.05, 0.1) is 6.04 Å². The number of rotatable bonds is 12. The van der Waals surface area contributed by atoms with Crippen LogP contribution in [-0.4, -0.2) is 42.1 Å². The van der Waals surface area contributed by atoms with E-state index in [2.05, 4.69) is 16.0 Å². The Bertz CT molecular complexity index is 1230. The van der Waals surface area contributed by atoms with Crippen molar-refractivity contribution >= 4 is 24.0 Å². The fraction of sp³-hybridized carbons (Fsp3) is 0.267. The molecule has 0 heterocycles. The van der Waals surface area contributed by atoms with Gasteiger partial charge in [-0.05, 0) is 48.7 Å². The lowest BCUT2D eigenvalue weighted by atomic mass is 10.0. The number of benzene rings is 3. The van der Waals surface area contributed by atoms with Crippen molar-refractivity contribution < 1.29 is 23.9 Å². The highest BCUT2D eigenvalue weighted by Gasteiger charge is 2.26. The molecular weight excluding hydrogens is 482 g/mol. The topological polar surface area (TPSA) is 114 Å². The minimum atomic E-state index is -0.953. The minimum Gasteiger partial charge on any atom is -0.457 e. The Hall–Kier alpha value is -4.46.